The lowest BCUT2D eigenvalue weighted by Crippen LogP contribution is -2.26. The fourth-order valence-corrected chi connectivity index (χ4v) is 2.59. The average Bonchev–Trinajstić information content (AvgIpc) is 2.65. The summed E-state index contributed by atoms with van der Waals surface area (Å²) in [6.45, 7) is 5.42. The molecule has 0 radical (unpaired) electrons. The van der Waals surface area contributed by atoms with Crippen LogP contribution in [0.3, 0.4) is 0 Å². The number of aromatic nitrogens is 2. The number of benzene rings is 1. The summed E-state index contributed by atoms with van der Waals surface area (Å²) in [6.07, 6.45) is 4.02. The third-order valence-corrected chi connectivity index (χ3v) is 3.96. The summed E-state index contributed by atoms with van der Waals surface area (Å²) >= 11 is 0. The smallest absolute Gasteiger partial charge is 0.270 e. The van der Waals surface area contributed by atoms with Crippen molar-refractivity contribution < 1.29 is 9.53 Å². The summed E-state index contributed by atoms with van der Waals surface area (Å²) in [4.78, 5) is 20.5. The Balaban J connectivity index is 2.13. The monoisotopic (exact) mass is 342 g/mol. The van der Waals surface area contributed by atoms with Gasteiger partial charge in [-0.3, -0.25) is 4.79 Å². The van der Waals surface area contributed by atoms with Gasteiger partial charge in [0.25, 0.3) is 5.91 Å². The van der Waals surface area contributed by atoms with Crippen molar-refractivity contribution in [2.45, 2.75) is 33.1 Å². The van der Waals surface area contributed by atoms with Crippen molar-refractivity contribution in [2.24, 2.45) is 0 Å². The van der Waals surface area contributed by atoms with Gasteiger partial charge in [0.2, 0.25) is 0 Å². The molecule has 134 valence electrons. The van der Waals surface area contributed by atoms with Gasteiger partial charge in [-0.2, -0.15) is 0 Å². The number of hydrogen-bond acceptors (Lipinski definition) is 5. The highest BCUT2D eigenvalue weighted by atomic mass is 16.5. The molecule has 0 spiro atoms. The van der Waals surface area contributed by atoms with E-state index in [4.69, 9.17) is 4.74 Å². The van der Waals surface area contributed by atoms with E-state index in [2.05, 4.69) is 52.6 Å². The van der Waals surface area contributed by atoms with Gasteiger partial charge in [-0.1, -0.05) is 32.0 Å². The maximum absolute atomic E-state index is 12.2. The number of amides is 1. The number of carbonyl (C=O) groups excluding carboxylic acids is 1. The largest absolute Gasteiger partial charge is 0.385 e. The predicted molar refractivity (Wildman–Crippen MR) is 99.3 cm³/mol. The molecule has 0 aliphatic rings. The average molecular weight is 342 g/mol. The van der Waals surface area contributed by atoms with Crippen LogP contribution in [0.5, 0.6) is 0 Å². The normalized spacial score (nSPS) is 10.5. The Hall–Kier alpha value is -2.47. The van der Waals surface area contributed by atoms with Gasteiger partial charge in [0, 0.05) is 32.0 Å². The first-order chi connectivity index (χ1) is 12.2. The molecule has 0 bridgehead atoms. The highest BCUT2D eigenvalue weighted by Gasteiger charge is 2.11. The second-order valence-corrected chi connectivity index (χ2v) is 5.67. The molecule has 1 heterocycles. The van der Waals surface area contributed by atoms with E-state index < -0.39 is 0 Å². The molecular weight excluding hydrogens is 316 g/mol. The summed E-state index contributed by atoms with van der Waals surface area (Å²) in [5.41, 5.74) is 3.87. The van der Waals surface area contributed by atoms with Crippen LogP contribution in [-0.2, 0) is 17.6 Å². The second-order valence-electron chi connectivity index (χ2n) is 5.67. The van der Waals surface area contributed by atoms with Crippen LogP contribution >= 0.6 is 0 Å². The first kappa shape index (κ1) is 18.9. The highest BCUT2D eigenvalue weighted by Crippen LogP contribution is 2.25. The molecule has 1 aromatic heterocycles. The van der Waals surface area contributed by atoms with Gasteiger partial charge in [0.05, 0.1) is 0 Å². The maximum Gasteiger partial charge on any atom is 0.270 e. The Morgan fingerprint density at radius 1 is 1.16 bits per heavy atom. The van der Waals surface area contributed by atoms with Gasteiger partial charge in [0.15, 0.2) is 0 Å². The van der Waals surface area contributed by atoms with Crippen molar-refractivity contribution in [3.63, 3.8) is 0 Å². The number of carbonyl (C=O) groups is 1. The number of nitrogens with zero attached hydrogens (tertiary/aromatic N) is 2. The van der Waals surface area contributed by atoms with Gasteiger partial charge in [0.1, 0.15) is 17.8 Å². The van der Waals surface area contributed by atoms with E-state index in [9.17, 15) is 4.79 Å². The molecule has 1 amide bonds. The molecule has 2 rings (SSSR count). The molecule has 2 aromatic rings. The standard InChI is InChI=1S/C19H26N4O2/c1-4-14-8-6-9-15(5-2)18(14)23-17-12-16(21-13-22-17)19(24)20-10-7-11-25-3/h6,8-9,12-13H,4-5,7,10-11H2,1-3H3,(H,20,24)(H,21,22,23). The molecule has 25 heavy (non-hydrogen) atoms. The van der Waals surface area contributed by atoms with Crippen molar-refractivity contribution in [3.8, 4) is 0 Å². The van der Waals surface area contributed by atoms with Crippen LogP contribution in [0.1, 0.15) is 41.9 Å². The maximum atomic E-state index is 12.2. The van der Waals surface area contributed by atoms with Gasteiger partial charge in [-0.05, 0) is 30.4 Å². The third-order valence-electron chi connectivity index (χ3n) is 3.96. The molecular formula is C19H26N4O2. The number of methoxy groups -OCH3 is 1. The summed E-state index contributed by atoms with van der Waals surface area (Å²) in [7, 11) is 1.64. The van der Waals surface area contributed by atoms with E-state index in [1.54, 1.807) is 13.2 Å². The zero-order valence-electron chi connectivity index (χ0n) is 15.1. The number of hydrogen-bond donors (Lipinski definition) is 2. The molecule has 6 heteroatoms. The fraction of sp³-hybridized carbons (Fsp3) is 0.421. The summed E-state index contributed by atoms with van der Waals surface area (Å²) in [5.74, 6) is 0.411. The van der Waals surface area contributed by atoms with Crippen LogP contribution in [0.2, 0.25) is 0 Å². The number of ether oxygens (including phenoxy) is 1. The molecule has 1 aromatic carbocycles. The molecule has 0 atom stereocenters. The van der Waals surface area contributed by atoms with Gasteiger partial charge < -0.3 is 15.4 Å². The molecule has 0 fully saturated rings. The first-order valence-electron chi connectivity index (χ1n) is 8.66. The van der Waals surface area contributed by atoms with Gasteiger partial charge in [-0.15, -0.1) is 0 Å². The summed E-state index contributed by atoms with van der Waals surface area (Å²) in [5, 5.41) is 6.20. The lowest BCUT2D eigenvalue weighted by Gasteiger charge is -2.15. The van der Waals surface area contributed by atoms with E-state index in [1.165, 1.54) is 17.5 Å². The Morgan fingerprint density at radius 3 is 2.52 bits per heavy atom. The van der Waals surface area contributed by atoms with E-state index in [-0.39, 0.29) is 5.91 Å². The van der Waals surface area contributed by atoms with Crippen LogP contribution in [-0.4, -0.2) is 36.1 Å². The Morgan fingerprint density at radius 2 is 1.88 bits per heavy atom. The lowest BCUT2D eigenvalue weighted by atomic mass is 10.0. The molecule has 0 unspecified atom stereocenters. The number of para-hydroxylation sites is 1. The SMILES string of the molecule is CCc1cccc(CC)c1Nc1cc(C(=O)NCCCOC)ncn1. The van der Waals surface area contributed by atoms with Crippen molar-refractivity contribution in [1.29, 1.82) is 0 Å². The number of rotatable bonds is 9. The number of anilines is 2. The Bertz CT molecular complexity index is 681. The predicted octanol–water partition coefficient (Wildman–Crippen LogP) is 3.11. The van der Waals surface area contributed by atoms with E-state index >= 15 is 0 Å². The quantitative estimate of drug-likeness (QED) is 0.685. The lowest BCUT2D eigenvalue weighted by molar-refractivity contribution is 0.0943. The van der Waals surface area contributed by atoms with Crippen LogP contribution in [0, 0.1) is 0 Å². The minimum Gasteiger partial charge on any atom is -0.385 e. The topological polar surface area (TPSA) is 76.1 Å². The molecule has 0 saturated heterocycles. The fourth-order valence-electron chi connectivity index (χ4n) is 2.59. The highest BCUT2D eigenvalue weighted by molar-refractivity contribution is 5.93. The van der Waals surface area contributed by atoms with Crippen molar-refractivity contribution >= 4 is 17.4 Å². The number of nitrogens with one attached hydrogen (secondary N) is 2. The summed E-state index contributed by atoms with van der Waals surface area (Å²) < 4.78 is 4.97. The summed E-state index contributed by atoms with van der Waals surface area (Å²) in [6, 6.07) is 7.96. The molecule has 0 aliphatic heterocycles. The molecule has 2 N–H and O–H groups in total. The van der Waals surface area contributed by atoms with E-state index in [0.717, 1.165) is 24.9 Å². The van der Waals surface area contributed by atoms with Crippen molar-refractivity contribution in [2.75, 3.05) is 25.6 Å². The first-order valence-corrected chi connectivity index (χ1v) is 8.66. The van der Waals surface area contributed by atoms with Crippen molar-refractivity contribution in [1.82, 2.24) is 15.3 Å². The van der Waals surface area contributed by atoms with Crippen LogP contribution in [0.15, 0.2) is 30.6 Å². The van der Waals surface area contributed by atoms with E-state index in [1.807, 2.05) is 0 Å². The van der Waals surface area contributed by atoms with Gasteiger partial charge >= 0.3 is 0 Å². The van der Waals surface area contributed by atoms with Crippen LogP contribution in [0.25, 0.3) is 0 Å². The number of aryl methyl sites for hydroxylation is 2. The van der Waals surface area contributed by atoms with E-state index in [0.29, 0.717) is 24.7 Å². The zero-order chi connectivity index (χ0) is 18.1. The van der Waals surface area contributed by atoms with Gasteiger partial charge in [-0.25, -0.2) is 9.97 Å². The Labute approximate surface area is 149 Å². The zero-order valence-corrected chi connectivity index (χ0v) is 15.1. The molecule has 6 nitrogen and oxygen atoms in total. The minimum atomic E-state index is -0.207. The molecule has 0 saturated carbocycles. The Kier molecular flexibility index (Phi) is 7.35. The third kappa shape index (κ3) is 5.26. The van der Waals surface area contributed by atoms with Crippen molar-refractivity contribution in [3.05, 3.63) is 47.4 Å². The minimum absolute atomic E-state index is 0.207. The molecule has 0 aliphatic carbocycles. The second kappa shape index (κ2) is 9.74. The van der Waals surface area contributed by atoms with Crippen LogP contribution < -0.4 is 10.6 Å². The van der Waals surface area contributed by atoms with Crippen LogP contribution in [0.4, 0.5) is 11.5 Å².